The molecule has 5 rings (SSSR count). The summed E-state index contributed by atoms with van der Waals surface area (Å²) in [5.74, 6) is -1.34. The van der Waals surface area contributed by atoms with Crippen molar-refractivity contribution in [2.24, 2.45) is 0 Å². The molecule has 2 aliphatic heterocycles. The van der Waals surface area contributed by atoms with E-state index in [-0.39, 0.29) is 27.4 Å². The van der Waals surface area contributed by atoms with Crippen LogP contribution in [0.5, 0.6) is 11.5 Å². The summed E-state index contributed by atoms with van der Waals surface area (Å²) in [6.07, 6.45) is 0.672. The molecule has 0 unspecified atom stereocenters. The second-order valence-corrected chi connectivity index (χ2v) is 10.0. The smallest absolute Gasteiger partial charge is 0.350 e. The van der Waals surface area contributed by atoms with Gasteiger partial charge in [0.2, 0.25) is 0 Å². The third-order valence-electron chi connectivity index (χ3n) is 6.46. The standard InChI is InChI=1S/C28H26N2O7S/c1-5-36-19-8-6-7-16(13-19)22-21(23(31)17-9-10-20-18(12-17)11-14(2)37-20)24(32)26(33)30(22)28-29-15(3)25(38-28)27(34)35-4/h6-10,12-14,22,31H,5,11H2,1-4H3/b23-21+/t14-,22-/m1/s1. The first-order valence-corrected chi connectivity index (χ1v) is 12.9. The number of aromatic nitrogens is 1. The molecule has 2 aliphatic rings. The first-order chi connectivity index (χ1) is 18.2. The predicted octanol–water partition coefficient (Wildman–Crippen LogP) is 4.59. The van der Waals surface area contributed by atoms with Crippen LogP contribution in [-0.4, -0.2) is 47.6 Å². The number of nitrogens with zero attached hydrogens (tertiary/aromatic N) is 2. The molecule has 1 fully saturated rings. The van der Waals surface area contributed by atoms with E-state index >= 15 is 0 Å². The van der Waals surface area contributed by atoms with Crippen molar-refractivity contribution >= 4 is 39.9 Å². The number of ketones is 1. The highest BCUT2D eigenvalue weighted by molar-refractivity contribution is 7.17. The number of aryl methyl sites for hydroxylation is 1. The summed E-state index contributed by atoms with van der Waals surface area (Å²) < 4.78 is 16.3. The fraction of sp³-hybridized carbons (Fsp3) is 0.286. The van der Waals surface area contributed by atoms with Crippen LogP contribution in [0.2, 0.25) is 0 Å². The molecular weight excluding hydrogens is 508 g/mol. The predicted molar refractivity (Wildman–Crippen MR) is 141 cm³/mol. The number of methoxy groups -OCH3 is 1. The van der Waals surface area contributed by atoms with Gasteiger partial charge in [-0.15, -0.1) is 0 Å². The number of hydrogen-bond donors (Lipinski definition) is 1. The molecule has 1 saturated heterocycles. The van der Waals surface area contributed by atoms with E-state index in [2.05, 4.69) is 4.98 Å². The number of amides is 1. The minimum absolute atomic E-state index is 0.00595. The summed E-state index contributed by atoms with van der Waals surface area (Å²) >= 11 is 0.949. The van der Waals surface area contributed by atoms with E-state index in [0.717, 1.165) is 22.6 Å². The number of Topliss-reactive ketones (excluding diaryl/α,β-unsaturated/α-hetero) is 1. The Hall–Kier alpha value is -4.18. The maximum atomic E-state index is 13.5. The topological polar surface area (TPSA) is 115 Å². The van der Waals surface area contributed by atoms with E-state index in [1.54, 1.807) is 49.4 Å². The Bertz CT molecular complexity index is 1490. The Morgan fingerprint density at radius 2 is 2.03 bits per heavy atom. The number of esters is 1. The monoisotopic (exact) mass is 534 g/mol. The van der Waals surface area contributed by atoms with Gasteiger partial charge >= 0.3 is 11.9 Å². The van der Waals surface area contributed by atoms with Crippen LogP contribution in [0.3, 0.4) is 0 Å². The molecule has 3 aromatic rings. The number of benzene rings is 2. The molecular formula is C28H26N2O7S. The van der Waals surface area contributed by atoms with Gasteiger partial charge in [0, 0.05) is 12.0 Å². The third kappa shape index (κ3) is 4.30. The van der Waals surface area contributed by atoms with Gasteiger partial charge in [-0.25, -0.2) is 9.78 Å². The van der Waals surface area contributed by atoms with Gasteiger partial charge < -0.3 is 19.3 Å². The second kappa shape index (κ2) is 9.94. The number of fused-ring (bicyclic) bond motifs is 1. The summed E-state index contributed by atoms with van der Waals surface area (Å²) in [5.41, 5.74) is 2.14. The van der Waals surface area contributed by atoms with E-state index in [0.29, 0.717) is 35.6 Å². The highest BCUT2D eigenvalue weighted by atomic mass is 32.1. The summed E-state index contributed by atoms with van der Waals surface area (Å²) in [6, 6.07) is 11.2. The highest BCUT2D eigenvalue weighted by Crippen LogP contribution is 2.45. The fourth-order valence-electron chi connectivity index (χ4n) is 4.78. The Kier molecular flexibility index (Phi) is 6.66. The van der Waals surface area contributed by atoms with Crippen LogP contribution in [0.15, 0.2) is 48.0 Å². The van der Waals surface area contributed by atoms with Gasteiger partial charge in [0.15, 0.2) is 5.13 Å². The van der Waals surface area contributed by atoms with E-state index in [4.69, 9.17) is 14.2 Å². The fourth-order valence-corrected chi connectivity index (χ4v) is 5.79. The largest absolute Gasteiger partial charge is 0.507 e. The van der Waals surface area contributed by atoms with E-state index < -0.39 is 23.7 Å². The average Bonchev–Trinajstić information content (AvgIpc) is 3.55. The molecule has 1 aromatic heterocycles. The van der Waals surface area contributed by atoms with Crippen molar-refractivity contribution < 1.29 is 33.7 Å². The lowest BCUT2D eigenvalue weighted by molar-refractivity contribution is -0.132. The van der Waals surface area contributed by atoms with Crippen LogP contribution in [0.25, 0.3) is 5.76 Å². The van der Waals surface area contributed by atoms with Crippen molar-refractivity contribution in [2.75, 3.05) is 18.6 Å². The van der Waals surface area contributed by atoms with Crippen molar-refractivity contribution in [1.29, 1.82) is 0 Å². The molecule has 0 radical (unpaired) electrons. The molecule has 0 saturated carbocycles. The minimum atomic E-state index is -1.00. The molecule has 3 heterocycles. The first-order valence-electron chi connectivity index (χ1n) is 12.1. The number of carbonyl (C=O) groups is 3. The number of anilines is 1. The zero-order chi connectivity index (χ0) is 27.1. The molecule has 1 N–H and O–H groups in total. The lowest BCUT2D eigenvalue weighted by Crippen LogP contribution is -2.29. The maximum Gasteiger partial charge on any atom is 0.350 e. The molecule has 0 spiro atoms. The third-order valence-corrected chi connectivity index (χ3v) is 7.60. The molecule has 0 aliphatic carbocycles. The number of rotatable bonds is 6. The van der Waals surface area contributed by atoms with Crippen LogP contribution < -0.4 is 14.4 Å². The number of thiazole rings is 1. The van der Waals surface area contributed by atoms with E-state index in [1.807, 2.05) is 13.8 Å². The number of hydrogen-bond acceptors (Lipinski definition) is 9. The van der Waals surface area contributed by atoms with Crippen LogP contribution in [0, 0.1) is 6.92 Å². The molecule has 10 heteroatoms. The number of carbonyl (C=O) groups excluding carboxylic acids is 3. The summed E-state index contributed by atoms with van der Waals surface area (Å²) in [5, 5.41) is 11.6. The zero-order valence-corrected chi connectivity index (χ0v) is 22.1. The second-order valence-electron chi connectivity index (χ2n) is 9.03. The SMILES string of the molecule is CCOc1cccc([C@@H]2/C(=C(\O)c3ccc4c(c3)C[C@@H](C)O4)C(=O)C(=O)N2c2nc(C)c(C(=O)OC)s2)c1. The van der Waals surface area contributed by atoms with Crippen molar-refractivity contribution in [2.45, 2.75) is 39.3 Å². The van der Waals surface area contributed by atoms with Gasteiger partial charge in [-0.3, -0.25) is 14.5 Å². The van der Waals surface area contributed by atoms with Crippen molar-refractivity contribution in [3.8, 4) is 11.5 Å². The lowest BCUT2D eigenvalue weighted by atomic mass is 9.94. The van der Waals surface area contributed by atoms with Crippen LogP contribution in [0.1, 0.15) is 51.9 Å². The van der Waals surface area contributed by atoms with E-state index in [9.17, 15) is 19.5 Å². The molecule has 9 nitrogen and oxygen atoms in total. The number of aliphatic hydroxyl groups is 1. The van der Waals surface area contributed by atoms with Gasteiger partial charge in [0.1, 0.15) is 28.2 Å². The Morgan fingerprint density at radius 1 is 1.24 bits per heavy atom. The summed E-state index contributed by atoms with van der Waals surface area (Å²) in [7, 11) is 1.26. The van der Waals surface area contributed by atoms with Crippen molar-refractivity contribution in [3.05, 3.63) is 75.3 Å². The van der Waals surface area contributed by atoms with Gasteiger partial charge in [0.25, 0.3) is 5.78 Å². The van der Waals surface area contributed by atoms with Crippen molar-refractivity contribution in [3.63, 3.8) is 0 Å². The van der Waals surface area contributed by atoms with Gasteiger partial charge in [0.05, 0.1) is 31.0 Å². The normalized spacial score (nSPS) is 19.8. The van der Waals surface area contributed by atoms with Crippen molar-refractivity contribution in [1.82, 2.24) is 4.98 Å². The number of ether oxygens (including phenoxy) is 3. The number of aliphatic hydroxyl groups excluding tert-OH is 1. The Morgan fingerprint density at radius 3 is 2.76 bits per heavy atom. The molecule has 38 heavy (non-hydrogen) atoms. The average molecular weight is 535 g/mol. The van der Waals surface area contributed by atoms with Crippen LogP contribution in [0.4, 0.5) is 5.13 Å². The molecule has 196 valence electrons. The minimum Gasteiger partial charge on any atom is -0.507 e. The quantitative estimate of drug-likeness (QED) is 0.211. The highest BCUT2D eigenvalue weighted by Gasteiger charge is 2.48. The molecule has 1 amide bonds. The summed E-state index contributed by atoms with van der Waals surface area (Å²) in [6.45, 7) is 5.85. The molecule has 0 bridgehead atoms. The molecule has 2 aromatic carbocycles. The summed E-state index contributed by atoms with van der Waals surface area (Å²) in [4.78, 5) is 45.1. The zero-order valence-electron chi connectivity index (χ0n) is 21.3. The lowest BCUT2D eigenvalue weighted by Gasteiger charge is -2.23. The Labute approximate surface area is 223 Å². The van der Waals surface area contributed by atoms with Crippen LogP contribution in [-0.2, 0) is 20.7 Å². The first kappa shape index (κ1) is 25.5. The van der Waals surface area contributed by atoms with Crippen LogP contribution >= 0.6 is 11.3 Å². The Balaban J connectivity index is 1.69. The molecule has 2 atom stereocenters. The van der Waals surface area contributed by atoms with Gasteiger partial charge in [-0.2, -0.15) is 0 Å². The maximum absolute atomic E-state index is 13.5. The van der Waals surface area contributed by atoms with Gasteiger partial charge in [-0.1, -0.05) is 23.5 Å². The van der Waals surface area contributed by atoms with E-state index in [1.165, 1.54) is 12.0 Å². The van der Waals surface area contributed by atoms with Gasteiger partial charge in [-0.05, 0) is 62.2 Å².